The summed E-state index contributed by atoms with van der Waals surface area (Å²) in [7, 11) is 1.65. The van der Waals surface area contributed by atoms with Gasteiger partial charge >= 0.3 is 0 Å². The lowest BCUT2D eigenvalue weighted by Crippen LogP contribution is -2.35. The third kappa shape index (κ3) is 5.60. The first kappa shape index (κ1) is 20.9. The zero-order valence-corrected chi connectivity index (χ0v) is 17.8. The molecule has 1 atom stereocenters. The summed E-state index contributed by atoms with van der Waals surface area (Å²) in [5.41, 5.74) is 3.39. The highest BCUT2D eigenvalue weighted by Crippen LogP contribution is 2.22. The zero-order chi connectivity index (χ0) is 20.6. The van der Waals surface area contributed by atoms with Gasteiger partial charge in [0.1, 0.15) is 12.1 Å². The van der Waals surface area contributed by atoms with E-state index in [9.17, 15) is 4.79 Å². The van der Waals surface area contributed by atoms with Crippen molar-refractivity contribution in [1.29, 1.82) is 0 Å². The number of amides is 1. The number of carbonyl (C=O) groups excluding carboxylic acids is 1. The smallest absolute Gasteiger partial charge is 0.230 e. The highest BCUT2D eigenvalue weighted by Gasteiger charge is 2.14. The number of nitrogens with one attached hydrogen (secondary N) is 1. The molecule has 2 aromatic carbocycles. The first-order valence-corrected chi connectivity index (χ1v) is 10.6. The molecule has 7 heteroatoms. The maximum Gasteiger partial charge on any atom is 0.230 e. The van der Waals surface area contributed by atoms with E-state index in [1.54, 1.807) is 13.4 Å². The van der Waals surface area contributed by atoms with Crippen LogP contribution in [-0.2, 0) is 17.6 Å². The van der Waals surface area contributed by atoms with Gasteiger partial charge in [0.2, 0.25) is 5.91 Å². The molecular formula is C22H26N4O2S. The Hall–Kier alpha value is -2.80. The summed E-state index contributed by atoms with van der Waals surface area (Å²) in [6.45, 7) is 4.12. The van der Waals surface area contributed by atoms with Crippen molar-refractivity contribution >= 4 is 17.7 Å². The lowest BCUT2D eigenvalue weighted by Gasteiger charge is -2.15. The molecule has 0 aliphatic rings. The highest BCUT2D eigenvalue weighted by atomic mass is 32.2. The Bertz CT molecular complexity index is 957. The number of aryl methyl sites for hydroxylation is 1. The zero-order valence-electron chi connectivity index (χ0n) is 17.0. The highest BCUT2D eigenvalue weighted by molar-refractivity contribution is 7.99. The lowest BCUT2D eigenvalue weighted by molar-refractivity contribution is -0.119. The summed E-state index contributed by atoms with van der Waals surface area (Å²) >= 11 is 1.39. The van der Waals surface area contributed by atoms with E-state index in [0.717, 1.165) is 29.8 Å². The summed E-state index contributed by atoms with van der Waals surface area (Å²) in [5, 5.41) is 12.0. The Morgan fingerprint density at radius 1 is 1.24 bits per heavy atom. The van der Waals surface area contributed by atoms with E-state index in [4.69, 9.17) is 4.74 Å². The van der Waals surface area contributed by atoms with Crippen LogP contribution in [0.2, 0.25) is 0 Å². The molecule has 3 rings (SSSR count). The summed E-state index contributed by atoms with van der Waals surface area (Å²) < 4.78 is 7.20. The number of carbonyl (C=O) groups is 1. The Morgan fingerprint density at radius 2 is 2.07 bits per heavy atom. The van der Waals surface area contributed by atoms with Crippen LogP contribution in [0.5, 0.6) is 5.75 Å². The molecule has 0 radical (unpaired) electrons. The Balaban J connectivity index is 1.57. The molecule has 1 heterocycles. The molecule has 3 aromatic rings. The average Bonchev–Trinajstić information content (AvgIpc) is 3.20. The molecule has 1 N–H and O–H groups in total. The number of hydrogen-bond acceptors (Lipinski definition) is 5. The van der Waals surface area contributed by atoms with E-state index < -0.39 is 0 Å². The number of para-hydroxylation sites is 1. The third-order valence-corrected chi connectivity index (χ3v) is 5.51. The number of thioether (sulfide) groups is 1. The maximum absolute atomic E-state index is 12.4. The van der Waals surface area contributed by atoms with Gasteiger partial charge in [0.15, 0.2) is 5.16 Å². The molecule has 6 nitrogen and oxygen atoms in total. The largest absolute Gasteiger partial charge is 0.497 e. The predicted molar refractivity (Wildman–Crippen MR) is 116 cm³/mol. The van der Waals surface area contributed by atoms with E-state index >= 15 is 0 Å². The number of rotatable bonds is 9. The van der Waals surface area contributed by atoms with Crippen LogP contribution in [0.1, 0.15) is 25.0 Å². The molecule has 1 amide bonds. The van der Waals surface area contributed by atoms with Crippen molar-refractivity contribution in [3.05, 3.63) is 66.0 Å². The fraction of sp³-hybridized carbons (Fsp3) is 0.318. The molecule has 1 unspecified atom stereocenters. The summed E-state index contributed by atoms with van der Waals surface area (Å²) in [6.07, 6.45) is 3.36. The van der Waals surface area contributed by atoms with Gasteiger partial charge in [-0.1, -0.05) is 49.0 Å². The van der Waals surface area contributed by atoms with Crippen LogP contribution in [0.3, 0.4) is 0 Å². The fourth-order valence-electron chi connectivity index (χ4n) is 3.18. The van der Waals surface area contributed by atoms with Crippen molar-refractivity contribution < 1.29 is 9.53 Å². The minimum absolute atomic E-state index is 0.0221. The van der Waals surface area contributed by atoms with Crippen molar-refractivity contribution in [2.75, 3.05) is 12.9 Å². The summed E-state index contributed by atoms with van der Waals surface area (Å²) in [4.78, 5) is 12.4. The first-order valence-electron chi connectivity index (χ1n) is 9.64. The SMILES string of the molecule is CCc1ccccc1-n1cnnc1SCC(=O)NC(C)Cc1cccc(OC)c1. The van der Waals surface area contributed by atoms with Crippen LogP contribution < -0.4 is 10.1 Å². The number of benzene rings is 2. The van der Waals surface area contributed by atoms with Gasteiger partial charge in [-0.25, -0.2) is 0 Å². The van der Waals surface area contributed by atoms with Crippen LogP contribution in [0.4, 0.5) is 0 Å². The van der Waals surface area contributed by atoms with Gasteiger partial charge in [-0.05, 0) is 49.1 Å². The summed E-state index contributed by atoms with van der Waals surface area (Å²) in [6, 6.07) is 16.1. The molecule has 1 aromatic heterocycles. The van der Waals surface area contributed by atoms with Crippen LogP contribution >= 0.6 is 11.8 Å². The second-order valence-corrected chi connectivity index (χ2v) is 7.72. The standard InChI is InChI=1S/C22H26N4O2S/c1-4-18-9-5-6-11-20(18)26-15-23-25-22(26)29-14-21(27)24-16(2)12-17-8-7-10-19(13-17)28-3/h5-11,13,15-16H,4,12,14H2,1-3H3,(H,24,27). The number of nitrogens with zero attached hydrogens (tertiary/aromatic N) is 3. The minimum Gasteiger partial charge on any atom is -0.497 e. The maximum atomic E-state index is 12.4. The minimum atomic E-state index is -0.0243. The van der Waals surface area contributed by atoms with Gasteiger partial charge in [0.25, 0.3) is 0 Å². The quantitative estimate of drug-likeness (QED) is 0.545. The second-order valence-electron chi connectivity index (χ2n) is 6.78. The molecule has 0 spiro atoms. The molecule has 0 aliphatic carbocycles. The van der Waals surface area contributed by atoms with E-state index in [1.807, 2.05) is 54.0 Å². The third-order valence-electron chi connectivity index (χ3n) is 4.56. The normalized spacial score (nSPS) is 11.8. The van der Waals surface area contributed by atoms with Gasteiger partial charge in [0.05, 0.1) is 18.6 Å². The lowest BCUT2D eigenvalue weighted by atomic mass is 10.1. The second kappa shape index (κ2) is 10.1. The Morgan fingerprint density at radius 3 is 2.86 bits per heavy atom. The molecule has 0 saturated heterocycles. The van der Waals surface area contributed by atoms with E-state index in [2.05, 4.69) is 28.5 Å². The van der Waals surface area contributed by atoms with Crippen LogP contribution in [-0.4, -0.2) is 39.6 Å². The van der Waals surface area contributed by atoms with Crippen LogP contribution in [0, 0.1) is 0 Å². The van der Waals surface area contributed by atoms with Gasteiger partial charge < -0.3 is 10.1 Å². The number of ether oxygens (including phenoxy) is 1. The number of hydrogen-bond donors (Lipinski definition) is 1. The molecule has 0 aliphatic heterocycles. The molecular weight excluding hydrogens is 384 g/mol. The molecule has 0 saturated carbocycles. The monoisotopic (exact) mass is 410 g/mol. The van der Waals surface area contributed by atoms with E-state index in [1.165, 1.54) is 17.3 Å². The van der Waals surface area contributed by atoms with Gasteiger partial charge in [-0.3, -0.25) is 9.36 Å². The Kier molecular flexibility index (Phi) is 7.30. The average molecular weight is 411 g/mol. The van der Waals surface area contributed by atoms with Crippen molar-refractivity contribution in [3.8, 4) is 11.4 Å². The van der Waals surface area contributed by atoms with Crippen molar-refractivity contribution in [2.45, 2.75) is 37.9 Å². The molecule has 29 heavy (non-hydrogen) atoms. The van der Waals surface area contributed by atoms with Gasteiger partial charge in [0, 0.05) is 6.04 Å². The fourth-order valence-corrected chi connectivity index (χ4v) is 3.92. The predicted octanol–water partition coefficient (Wildman–Crippen LogP) is 3.68. The van der Waals surface area contributed by atoms with E-state index in [0.29, 0.717) is 5.16 Å². The molecule has 152 valence electrons. The topological polar surface area (TPSA) is 69.0 Å². The van der Waals surface area contributed by atoms with Crippen molar-refractivity contribution in [2.24, 2.45) is 0 Å². The van der Waals surface area contributed by atoms with Crippen molar-refractivity contribution in [1.82, 2.24) is 20.1 Å². The number of methoxy groups -OCH3 is 1. The number of aromatic nitrogens is 3. The molecule has 0 bridgehead atoms. The van der Waals surface area contributed by atoms with E-state index in [-0.39, 0.29) is 17.7 Å². The van der Waals surface area contributed by atoms with Crippen LogP contribution in [0.15, 0.2) is 60.0 Å². The van der Waals surface area contributed by atoms with Gasteiger partial charge in [-0.2, -0.15) is 0 Å². The summed E-state index contributed by atoms with van der Waals surface area (Å²) in [5.74, 6) is 1.09. The Labute approximate surface area is 175 Å². The van der Waals surface area contributed by atoms with Crippen LogP contribution in [0.25, 0.3) is 5.69 Å². The van der Waals surface area contributed by atoms with Crippen molar-refractivity contribution in [3.63, 3.8) is 0 Å². The molecule has 0 fully saturated rings. The first-order chi connectivity index (χ1) is 14.1. The van der Waals surface area contributed by atoms with Gasteiger partial charge in [-0.15, -0.1) is 10.2 Å².